The Bertz CT molecular complexity index is 713. The normalized spacial score (nSPS) is 13.6. The molecule has 1 atom stereocenters. The SMILES string of the molecule is CCC(C)Cn1ncc2cc(C(C)(C)C)cc(F)c2c1=O. The summed E-state index contributed by atoms with van der Waals surface area (Å²) >= 11 is 0. The molecule has 0 bridgehead atoms. The Morgan fingerprint density at radius 1 is 1.33 bits per heavy atom. The molecule has 0 amide bonds. The average Bonchev–Trinajstić information content (AvgIpc) is 2.40. The van der Waals surface area contributed by atoms with E-state index in [1.807, 2.05) is 26.8 Å². The molecule has 0 saturated carbocycles. The monoisotopic (exact) mass is 290 g/mol. The number of rotatable bonds is 3. The van der Waals surface area contributed by atoms with Crippen LogP contribution in [0, 0.1) is 11.7 Å². The third-order valence-corrected chi connectivity index (χ3v) is 3.95. The zero-order chi connectivity index (χ0) is 15.8. The van der Waals surface area contributed by atoms with Crippen LogP contribution in [0.3, 0.4) is 0 Å². The highest BCUT2D eigenvalue weighted by Gasteiger charge is 2.18. The third-order valence-electron chi connectivity index (χ3n) is 3.95. The molecule has 21 heavy (non-hydrogen) atoms. The Morgan fingerprint density at radius 3 is 2.57 bits per heavy atom. The lowest BCUT2D eigenvalue weighted by molar-refractivity contribution is 0.426. The molecule has 1 aromatic carbocycles. The van der Waals surface area contributed by atoms with Crippen molar-refractivity contribution in [1.29, 1.82) is 0 Å². The first-order chi connectivity index (χ1) is 9.74. The van der Waals surface area contributed by atoms with Gasteiger partial charge in [-0.3, -0.25) is 4.79 Å². The molecule has 1 unspecified atom stereocenters. The molecule has 114 valence electrons. The van der Waals surface area contributed by atoms with Crippen molar-refractivity contribution in [1.82, 2.24) is 9.78 Å². The van der Waals surface area contributed by atoms with E-state index in [1.165, 1.54) is 10.7 Å². The maximum atomic E-state index is 14.4. The maximum Gasteiger partial charge on any atom is 0.277 e. The first-order valence-corrected chi connectivity index (χ1v) is 7.44. The van der Waals surface area contributed by atoms with Crippen LogP contribution < -0.4 is 5.56 Å². The number of fused-ring (bicyclic) bond motifs is 1. The molecule has 2 aromatic rings. The molecular weight excluding hydrogens is 267 g/mol. The first kappa shape index (κ1) is 15.7. The molecule has 0 aliphatic carbocycles. The molecule has 2 rings (SSSR count). The van der Waals surface area contributed by atoms with Gasteiger partial charge in [0.15, 0.2) is 0 Å². The molecule has 0 spiro atoms. The van der Waals surface area contributed by atoms with Gasteiger partial charge >= 0.3 is 0 Å². The van der Waals surface area contributed by atoms with E-state index >= 15 is 0 Å². The van der Waals surface area contributed by atoms with Gasteiger partial charge in [0.25, 0.3) is 5.56 Å². The summed E-state index contributed by atoms with van der Waals surface area (Å²) in [5, 5.41) is 4.91. The quantitative estimate of drug-likeness (QED) is 0.860. The van der Waals surface area contributed by atoms with Crippen LogP contribution in [0.15, 0.2) is 23.1 Å². The van der Waals surface area contributed by atoms with Gasteiger partial charge in [-0.1, -0.05) is 41.0 Å². The van der Waals surface area contributed by atoms with Gasteiger partial charge in [-0.15, -0.1) is 0 Å². The van der Waals surface area contributed by atoms with Gasteiger partial charge in [-0.25, -0.2) is 9.07 Å². The second kappa shape index (κ2) is 5.58. The summed E-state index contributed by atoms with van der Waals surface area (Å²) in [6.45, 7) is 10.7. The van der Waals surface area contributed by atoms with Crippen LogP contribution in [-0.4, -0.2) is 9.78 Å². The summed E-state index contributed by atoms with van der Waals surface area (Å²) in [7, 11) is 0. The highest BCUT2D eigenvalue weighted by Crippen LogP contribution is 2.26. The number of halogens is 1. The Labute approximate surface area is 124 Å². The molecule has 0 aliphatic heterocycles. The van der Waals surface area contributed by atoms with Crippen LogP contribution in [0.1, 0.15) is 46.6 Å². The van der Waals surface area contributed by atoms with Crippen molar-refractivity contribution in [2.45, 2.75) is 53.0 Å². The second-order valence-corrected chi connectivity index (χ2v) is 6.82. The summed E-state index contributed by atoms with van der Waals surface area (Å²) < 4.78 is 15.8. The van der Waals surface area contributed by atoms with E-state index in [4.69, 9.17) is 0 Å². The molecule has 0 N–H and O–H groups in total. The molecule has 1 heterocycles. The number of nitrogens with zero attached hydrogens (tertiary/aromatic N) is 2. The van der Waals surface area contributed by atoms with Gasteiger partial charge < -0.3 is 0 Å². The van der Waals surface area contributed by atoms with Crippen molar-refractivity contribution in [2.75, 3.05) is 0 Å². The van der Waals surface area contributed by atoms with Gasteiger partial charge in [0, 0.05) is 11.9 Å². The fraction of sp³-hybridized carbons (Fsp3) is 0.529. The standard InChI is InChI=1S/C17H23FN2O/c1-6-11(2)10-20-16(21)15-12(9-19-20)7-13(8-14(15)18)17(3,4)5/h7-9,11H,6,10H2,1-5H3. The van der Waals surface area contributed by atoms with E-state index in [9.17, 15) is 9.18 Å². The highest BCUT2D eigenvalue weighted by molar-refractivity contribution is 5.82. The number of benzene rings is 1. The summed E-state index contributed by atoms with van der Waals surface area (Å²) in [5.74, 6) is -0.118. The molecule has 0 saturated heterocycles. The summed E-state index contributed by atoms with van der Waals surface area (Å²) in [6, 6.07) is 3.33. The van der Waals surface area contributed by atoms with Crippen molar-refractivity contribution in [3.8, 4) is 0 Å². The van der Waals surface area contributed by atoms with Crippen LogP contribution in [0.2, 0.25) is 0 Å². The topological polar surface area (TPSA) is 34.9 Å². The van der Waals surface area contributed by atoms with Gasteiger partial charge in [0.05, 0.1) is 11.6 Å². The van der Waals surface area contributed by atoms with E-state index in [-0.39, 0.29) is 16.4 Å². The predicted octanol–water partition coefficient (Wildman–Crippen LogP) is 3.88. The molecule has 4 heteroatoms. The largest absolute Gasteiger partial charge is 0.277 e. The number of hydrogen-bond donors (Lipinski definition) is 0. The van der Waals surface area contributed by atoms with Crippen LogP contribution in [-0.2, 0) is 12.0 Å². The average molecular weight is 290 g/mol. The third kappa shape index (κ3) is 3.14. The van der Waals surface area contributed by atoms with Gasteiger partial charge in [-0.2, -0.15) is 5.10 Å². The lowest BCUT2D eigenvalue weighted by atomic mass is 9.86. The molecule has 0 fully saturated rings. The van der Waals surface area contributed by atoms with Crippen LogP contribution in [0.25, 0.3) is 10.8 Å². The zero-order valence-corrected chi connectivity index (χ0v) is 13.4. The van der Waals surface area contributed by atoms with Gasteiger partial charge in [-0.05, 0) is 29.0 Å². The highest BCUT2D eigenvalue weighted by atomic mass is 19.1. The summed E-state index contributed by atoms with van der Waals surface area (Å²) in [5.41, 5.74) is 0.361. The second-order valence-electron chi connectivity index (χ2n) is 6.82. The Hall–Kier alpha value is -1.71. The smallest absolute Gasteiger partial charge is 0.267 e. The van der Waals surface area contributed by atoms with E-state index in [0.29, 0.717) is 17.8 Å². The maximum absolute atomic E-state index is 14.4. The van der Waals surface area contributed by atoms with Crippen molar-refractivity contribution >= 4 is 10.8 Å². The van der Waals surface area contributed by atoms with Crippen molar-refractivity contribution in [3.63, 3.8) is 0 Å². The minimum Gasteiger partial charge on any atom is -0.267 e. The van der Waals surface area contributed by atoms with Gasteiger partial charge in [0.1, 0.15) is 5.82 Å². The number of hydrogen-bond acceptors (Lipinski definition) is 2. The Kier molecular flexibility index (Phi) is 4.17. The lowest BCUT2D eigenvalue weighted by Crippen LogP contribution is -2.26. The molecule has 3 nitrogen and oxygen atoms in total. The zero-order valence-electron chi connectivity index (χ0n) is 13.4. The fourth-order valence-electron chi connectivity index (χ4n) is 2.26. The van der Waals surface area contributed by atoms with Gasteiger partial charge in [0.2, 0.25) is 0 Å². The first-order valence-electron chi connectivity index (χ1n) is 7.44. The van der Waals surface area contributed by atoms with Crippen LogP contribution >= 0.6 is 0 Å². The summed E-state index contributed by atoms with van der Waals surface area (Å²) in [4.78, 5) is 12.4. The Morgan fingerprint density at radius 2 is 2.00 bits per heavy atom. The minimum atomic E-state index is -0.456. The minimum absolute atomic E-state index is 0.140. The van der Waals surface area contributed by atoms with E-state index in [0.717, 1.165) is 12.0 Å². The van der Waals surface area contributed by atoms with Crippen LogP contribution in [0.5, 0.6) is 0 Å². The Balaban J connectivity index is 2.62. The lowest BCUT2D eigenvalue weighted by Gasteiger charge is -2.20. The van der Waals surface area contributed by atoms with Crippen molar-refractivity contribution in [2.24, 2.45) is 5.92 Å². The molecule has 0 aliphatic rings. The van der Waals surface area contributed by atoms with Crippen molar-refractivity contribution < 1.29 is 4.39 Å². The molecule has 1 aromatic heterocycles. The van der Waals surface area contributed by atoms with E-state index in [2.05, 4.69) is 18.9 Å². The predicted molar refractivity (Wildman–Crippen MR) is 84.1 cm³/mol. The number of aromatic nitrogens is 2. The summed E-state index contributed by atoms with van der Waals surface area (Å²) in [6.07, 6.45) is 2.55. The van der Waals surface area contributed by atoms with Crippen LogP contribution in [0.4, 0.5) is 4.39 Å². The van der Waals surface area contributed by atoms with E-state index in [1.54, 1.807) is 6.20 Å². The van der Waals surface area contributed by atoms with Crippen molar-refractivity contribution in [3.05, 3.63) is 40.1 Å². The fourth-order valence-corrected chi connectivity index (χ4v) is 2.26. The molecule has 0 radical (unpaired) electrons. The van der Waals surface area contributed by atoms with E-state index < -0.39 is 5.82 Å². The molecular formula is C17H23FN2O.